The number of aryl methyl sites for hydroxylation is 4. The summed E-state index contributed by atoms with van der Waals surface area (Å²) in [7, 11) is 0. The predicted molar refractivity (Wildman–Crippen MR) is 103 cm³/mol. The van der Waals surface area contributed by atoms with Gasteiger partial charge >= 0.3 is 0 Å². The van der Waals surface area contributed by atoms with Gasteiger partial charge in [-0.3, -0.25) is 0 Å². The van der Waals surface area contributed by atoms with Crippen molar-refractivity contribution in [3.8, 4) is 0 Å². The van der Waals surface area contributed by atoms with Crippen molar-refractivity contribution in [1.29, 1.82) is 0 Å². The number of benzene rings is 3. The summed E-state index contributed by atoms with van der Waals surface area (Å²) in [6.07, 6.45) is 7.17. The molecule has 0 fully saturated rings. The summed E-state index contributed by atoms with van der Waals surface area (Å²) < 4.78 is 0. The summed E-state index contributed by atoms with van der Waals surface area (Å²) in [6.45, 7) is 0. The summed E-state index contributed by atoms with van der Waals surface area (Å²) in [5.41, 5.74) is 5.92. The Morgan fingerprint density at radius 1 is 0.375 bits per heavy atom. The third-order valence-corrected chi connectivity index (χ3v) is 4.65. The fourth-order valence-corrected chi connectivity index (χ4v) is 3.26. The molecule has 0 unspecified atom stereocenters. The Labute approximate surface area is 146 Å². The molecule has 24 heavy (non-hydrogen) atoms. The van der Waals surface area contributed by atoms with Crippen LogP contribution in [0.25, 0.3) is 0 Å². The average Bonchev–Trinajstić information content (AvgIpc) is 2.66. The van der Waals surface area contributed by atoms with Crippen molar-refractivity contribution < 1.29 is 0 Å². The molecule has 3 aromatic carbocycles. The lowest BCUT2D eigenvalue weighted by Crippen LogP contribution is -1.98. The molecule has 0 bridgehead atoms. The second-order valence-corrected chi connectivity index (χ2v) is 6.45. The van der Waals surface area contributed by atoms with Gasteiger partial charge in [0.25, 0.3) is 0 Å². The van der Waals surface area contributed by atoms with E-state index in [-0.39, 0.29) is 0 Å². The van der Waals surface area contributed by atoms with Gasteiger partial charge in [-0.2, -0.15) is 0 Å². The highest BCUT2D eigenvalue weighted by Gasteiger charge is 2.03. The molecule has 0 amide bonds. The predicted octanol–water partition coefficient (Wildman–Crippen LogP) is 6.04. The maximum absolute atomic E-state index is 2.31. The Bertz CT molecular complexity index is 713. The van der Waals surface area contributed by atoms with E-state index in [9.17, 15) is 0 Å². The number of rotatable bonds is 8. The van der Waals surface area contributed by atoms with Crippen molar-refractivity contribution in [1.82, 2.24) is 0 Å². The van der Waals surface area contributed by atoms with E-state index in [2.05, 4.69) is 84.9 Å². The van der Waals surface area contributed by atoms with Crippen LogP contribution in [0.3, 0.4) is 0 Å². The first-order valence-electron chi connectivity index (χ1n) is 9.06. The number of unbranched alkanes of at least 4 members (excludes halogenated alkanes) is 1. The molecule has 3 rings (SSSR count). The van der Waals surface area contributed by atoms with E-state index in [0.717, 1.165) is 12.8 Å². The van der Waals surface area contributed by atoms with Crippen LogP contribution in [0.4, 0.5) is 0 Å². The van der Waals surface area contributed by atoms with Crippen molar-refractivity contribution in [2.24, 2.45) is 0 Å². The largest absolute Gasteiger partial charge is 0.0622 e. The van der Waals surface area contributed by atoms with Gasteiger partial charge < -0.3 is 0 Å². The fraction of sp³-hybridized carbons (Fsp3) is 0.250. The van der Waals surface area contributed by atoms with Gasteiger partial charge in [-0.1, -0.05) is 84.9 Å². The fourth-order valence-electron chi connectivity index (χ4n) is 3.26. The summed E-state index contributed by atoms with van der Waals surface area (Å²) in [5.74, 6) is 0. The second kappa shape index (κ2) is 9.08. The van der Waals surface area contributed by atoms with Crippen LogP contribution in [0.2, 0.25) is 0 Å². The minimum Gasteiger partial charge on any atom is -0.0622 e. The van der Waals surface area contributed by atoms with Crippen LogP contribution in [0.15, 0.2) is 84.9 Å². The van der Waals surface area contributed by atoms with Crippen LogP contribution in [0.5, 0.6) is 0 Å². The Balaban J connectivity index is 1.50. The van der Waals surface area contributed by atoms with E-state index < -0.39 is 0 Å². The maximum Gasteiger partial charge on any atom is -0.0236 e. The molecule has 0 heteroatoms. The standard InChI is InChI=1S/C24H26/c1-3-11-21(12-4-1)15-7-8-16-23-17-9-10-18-24(23)20-19-22-13-5-2-6-14-22/h1-6,9-14,17-18H,7-8,15-16,19-20H2. The third kappa shape index (κ3) is 5.09. The molecule has 0 spiro atoms. The van der Waals surface area contributed by atoms with Crippen LogP contribution >= 0.6 is 0 Å². The highest BCUT2D eigenvalue weighted by molar-refractivity contribution is 5.29. The van der Waals surface area contributed by atoms with Gasteiger partial charge in [0.2, 0.25) is 0 Å². The molecular formula is C24H26. The topological polar surface area (TPSA) is 0 Å². The van der Waals surface area contributed by atoms with Gasteiger partial charge in [-0.05, 0) is 60.8 Å². The van der Waals surface area contributed by atoms with Crippen LogP contribution < -0.4 is 0 Å². The molecule has 0 N–H and O–H groups in total. The van der Waals surface area contributed by atoms with E-state index >= 15 is 0 Å². The molecule has 0 radical (unpaired) electrons. The quantitative estimate of drug-likeness (QED) is 0.445. The molecule has 0 nitrogen and oxygen atoms in total. The van der Waals surface area contributed by atoms with Crippen molar-refractivity contribution in [3.05, 3.63) is 107 Å². The Morgan fingerprint density at radius 2 is 0.833 bits per heavy atom. The lowest BCUT2D eigenvalue weighted by molar-refractivity contribution is 0.728. The maximum atomic E-state index is 2.31. The molecule has 0 heterocycles. The molecule has 3 aromatic rings. The van der Waals surface area contributed by atoms with Crippen LogP contribution in [-0.4, -0.2) is 0 Å². The van der Waals surface area contributed by atoms with Crippen molar-refractivity contribution in [2.75, 3.05) is 0 Å². The highest BCUT2D eigenvalue weighted by atomic mass is 14.1. The van der Waals surface area contributed by atoms with Gasteiger partial charge in [-0.25, -0.2) is 0 Å². The van der Waals surface area contributed by atoms with Crippen molar-refractivity contribution in [3.63, 3.8) is 0 Å². The van der Waals surface area contributed by atoms with E-state index in [1.54, 1.807) is 0 Å². The van der Waals surface area contributed by atoms with E-state index in [4.69, 9.17) is 0 Å². The Hall–Kier alpha value is -2.34. The molecule has 0 aliphatic heterocycles. The first-order chi connectivity index (χ1) is 11.9. The van der Waals surface area contributed by atoms with E-state index in [1.807, 2.05) is 0 Å². The first-order valence-corrected chi connectivity index (χ1v) is 9.06. The monoisotopic (exact) mass is 314 g/mol. The molecule has 0 aliphatic rings. The summed E-state index contributed by atoms with van der Waals surface area (Å²) in [4.78, 5) is 0. The second-order valence-electron chi connectivity index (χ2n) is 6.45. The zero-order valence-corrected chi connectivity index (χ0v) is 14.3. The highest BCUT2D eigenvalue weighted by Crippen LogP contribution is 2.16. The van der Waals surface area contributed by atoms with Gasteiger partial charge in [0.1, 0.15) is 0 Å². The van der Waals surface area contributed by atoms with E-state index in [1.165, 1.54) is 47.9 Å². The first kappa shape index (κ1) is 16.5. The van der Waals surface area contributed by atoms with Crippen LogP contribution in [-0.2, 0) is 25.7 Å². The number of hydrogen-bond acceptors (Lipinski definition) is 0. The zero-order chi connectivity index (χ0) is 16.5. The molecule has 0 saturated carbocycles. The Kier molecular flexibility index (Phi) is 6.25. The summed E-state index contributed by atoms with van der Waals surface area (Å²) in [6, 6.07) is 30.6. The smallest absolute Gasteiger partial charge is 0.0236 e. The molecule has 0 aliphatic carbocycles. The van der Waals surface area contributed by atoms with Gasteiger partial charge in [0.15, 0.2) is 0 Å². The number of hydrogen-bond donors (Lipinski definition) is 0. The molecular weight excluding hydrogens is 288 g/mol. The molecule has 0 atom stereocenters. The average molecular weight is 314 g/mol. The van der Waals surface area contributed by atoms with Crippen LogP contribution in [0.1, 0.15) is 35.1 Å². The van der Waals surface area contributed by atoms with Crippen molar-refractivity contribution in [2.45, 2.75) is 38.5 Å². The lowest BCUT2D eigenvalue weighted by Gasteiger charge is -2.10. The summed E-state index contributed by atoms with van der Waals surface area (Å²) >= 11 is 0. The molecule has 0 aromatic heterocycles. The lowest BCUT2D eigenvalue weighted by atomic mass is 9.96. The molecule has 0 saturated heterocycles. The van der Waals surface area contributed by atoms with Crippen molar-refractivity contribution >= 4 is 0 Å². The SMILES string of the molecule is c1ccc(CCCCc2ccccc2CCc2ccccc2)cc1. The van der Waals surface area contributed by atoms with Gasteiger partial charge in [-0.15, -0.1) is 0 Å². The zero-order valence-electron chi connectivity index (χ0n) is 14.3. The minimum atomic E-state index is 1.13. The van der Waals surface area contributed by atoms with Gasteiger partial charge in [0, 0.05) is 0 Å². The Morgan fingerprint density at radius 3 is 1.46 bits per heavy atom. The minimum absolute atomic E-state index is 1.13. The van der Waals surface area contributed by atoms with Crippen LogP contribution in [0, 0.1) is 0 Å². The summed E-state index contributed by atoms with van der Waals surface area (Å²) in [5, 5.41) is 0. The van der Waals surface area contributed by atoms with E-state index in [0.29, 0.717) is 0 Å². The van der Waals surface area contributed by atoms with Gasteiger partial charge in [0.05, 0.1) is 0 Å². The molecule has 122 valence electrons. The third-order valence-electron chi connectivity index (χ3n) is 4.65. The normalized spacial score (nSPS) is 10.7.